The number of hydrogen-bond acceptors (Lipinski definition) is 3. The summed E-state index contributed by atoms with van der Waals surface area (Å²) in [4.78, 5) is 8.92. The van der Waals surface area contributed by atoms with Gasteiger partial charge < -0.3 is 10.7 Å². The van der Waals surface area contributed by atoms with Gasteiger partial charge in [0.2, 0.25) is 0 Å². The molecule has 0 aliphatic heterocycles. The third kappa shape index (κ3) is 1.61. The highest BCUT2D eigenvalue weighted by Crippen LogP contribution is 2.33. The predicted octanol–water partition coefficient (Wildman–Crippen LogP) is 3.49. The number of benzene rings is 1. The summed E-state index contributed by atoms with van der Waals surface area (Å²) < 4.78 is 0. The maximum atomic E-state index is 6.04. The van der Waals surface area contributed by atoms with E-state index in [0.29, 0.717) is 0 Å². The van der Waals surface area contributed by atoms with Gasteiger partial charge in [-0.25, -0.2) is 4.98 Å². The molecule has 0 unspecified atom stereocenters. The molecule has 0 aliphatic carbocycles. The summed E-state index contributed by atoms with van der Waals surface area (Å²) >= 11 is 1.63. The second kappa shape index (κ2) is 3.60. The van der Waals surface area contributed by atoms with E-state index in [9.17, 15) is 0 Å². The van der Waals surface area contributed by atoms with Crippen LogP contribution in [0.15, 0.2) is 23.6 Å². The highest BCUT2D eigenvalue weighted by molar-refractivity contribution is 7.14. The van der Waals surface area contributed by atoms with Crippen LogP contribution in [0.1, 0.15) is 11.1 Å². The lowest BCUT2D eigenvalue weighted by atomic mass is 10.2. The van der Waals surface area contributed by atoms with Crippen LogP contribution in [0.25, 0.3) is 21.7 Å². The second-order valence-corrected chi connectivity index (χ2v) is 5.15. The number of imidazole rings is 1. The minimum atomic E-state index is 0.825. The highest BCUT2D eigenvalue weighted by Gasteiger charge is 2.11. The van der Waals surface area contributed by atoms with Crippen molar-refractivity contribution in [2.75, 3.05) is 5.73 Å². The molecule has 0 amide bonds. The van der Waals surface area contributed by atoms with Gasteiger partial charge in [-0.1, -0.05) is 6.07 Å². The van der Waals surface area contributed by atoms with E-state index < -0.39 is 0 Å². The van der Waals surface area contributed by atoms with Crippen molar-refractivity contribution in [1.29, 1.82) is 0 Å². The van der Waals surface area contributed by atoms with Gasteiger partial charge in [0.1, 0.15) is 0 Å². The lowest BCUT2D eigenvalue weighted by Crippen LogP contribution is -1.87. The van der Waals surface area contributed by atoms with E-state index in [0.717, 1.165) is 33.0 Å². The molecule has 0 spiro atoms. The van der Waals surface area contributed by atoms with Crippen LogP contribution in [0.3, 0.4) is 0 Å². The standard InChI is InChI=1S/C13H13N3S/c1-7-3-4-9-10(5-7)16-13(15-9)12-11(14)8(2)6-17-12/h3-6H,14H2,1-2H3,(H,15,16). The summed E-state index contributed by atoms with van der Waals surface area (Å²) in [6.07, 6.45) is 0. The van der Waals surface area contributed by atoms with Crippen molar-refractivity contribution in [1.82, 2.24) is 9.97 Å². The Morgan fingerprint density at radius 1 is 1.29 bits per heavy atom. The van der Waals surface area contributed by atoms with Crippen molar-refractivity contribution in [3.8, 4) is 10.7 Å². The Kier molecular flexibility index (Phi) is 2.19. The van der Waals surface area contributed by atoms with Gasteiger partial charge in [-0.15, -0.1) is 11.3 Å². The van der Waals surface area contributed by atoms with Crippen LogP contribution in [-0.2, 0) is 0 Å². The summed E-state index contributed by atoms with van der Waals surface area (Å²) in [7, 11) is 0. The number of H-pyrrole nitrogens is 1. The zero-order valence-corrected chi connectivity index (χ0v) is 10.6. The Hall–Kier alpha value is -1.81. The quantitative estimate of drug-likeness (QED) is 0.687. The van der Waals surface area contributed by atoms with E-state index in [1.807, 2.05) is 13.0 Å². The molecule has 17 heavy (non-hydrogen) atoms. The number of aromatic nitrogens is 2. The molecule has 0 radical (unpaired) electrons. The minimum Gasteiger partial charge on any atom is -0.397 e. The molecule has 0 aliphatic rings. The molecular formula is C13H13N3S. The fourth-order valence-corrected chi connectivity index (χ4v) is 2.79. The van der Waals surface area contributed by atoms with Gasteiger partial charge in [0.25, 0.3) is 0 Å². The Balaban J connectivity index is 2.21. The van der Waals surface area contributed by atoms with Crippen molar-refractivity contribution in [2.24, 2.45) is 0 Å². The molecule has 3 nitrogen and oxygen atoms in total. The van der Waals surface area contributed by atoms with Crippen LogP contribution in [0.2, 0.25) is 0 Å². The number of rotatable bonds is 1. The molecule has 0 saturated heterocycles. The summed E-state index contributed by atoms with van der Waals surface area (Å²) in [5.41, 5.74) is 11.2. The fourth-order valence-electron chi connectivity index (χ4n) is 1.87. The van der Waals surface area contributed by atoms with Crippen molar-refractivity contribution in [3.63, 3.8) is 0 Å². The van der Waals surface area contributed by atoms with E-state index in [4.69, 9.17) is 5.73 Å². The lowest BCUT2D eigenvalue weighted by molar-refractivity contribution is 1.35. The van der Waals surface area contributed by atoms with Crippen molar-refractivity contribution in [3.05, 3.63) is 34.7 Å². The normalized spacial score (nSPS) is 11.2. The molecule has 3 aromatic rings. The van der Waals surface area contributed by atoms with E-state index in [1.165, 1.54) is 5.56 Å². The average molecular weight is 243 g/mol. The zero-order chi connectivity index (χ0) is 12.0. The Bertz CT molecular complexity index is 694. The third-order valence-electron chi connectivity index (χ3n) is 2.88. The summed E-state index contributed by atoms with van der Waals surface area (Å²) in [6, 6.07) is 6.19. The maximum Gasteiger partial charge on any atom is 0.150 e. The largest absolute Gasteiger partial charge is 0.397 e. The van der Waals surface area contributed by atoms with E-state index >= 15 is 0 Å². The Morgan fingerprint density at radius 3 is 2.82 bits per heavy atom. The second-order valence-electron chi connectivity index (χ2n) is 4.27. The van der Waals surface area contributed by atoms with Gasteiger partial charge in [0, 0.05) is 0 Å². The molecule has 1 aromatic carbocycles. The van der Waals surface area contributed by atoms with Crippen LogP contribution < -0.4 is 5.73 Å². The van der Waals surface area contributed by atoms with Gasteiger partial charge in [0.15, 0.2) is 5.82 Å². The molecule has 4 heteroatoms. The first-order chi connectivity index (χ1) is 8.15. The van der Waals surface area contributed by atoms with Crippen molar-refractivity contribution in [2.45, 2.75) is 13.8 Å². The molecule has 0 atom stereocenters. The number of fused-ring (bicyclic) bond motifs is 1. The van der Waals surface area contributed by atoms with E-state index in [2.05, 4.69) is 34.4 Å². The molecule has 2 aromatic heterocycles. The first kappa shape index (κ1) is 10.4. The number of nitrogens with zero attached hydrogens (tertiary/aromatic N) is 1. The molecule has 3 rings (SSSR count). The summed E-state index contributed by atoms with van der Waals surface area (Å²) in [6.45, 7) is 4.09. The molecule has 2 heterocycles. The van der Waals surface area contributed by atoms with E-state index in [-0.39, 0.29) is 0 Å². The fraction of sp³-hybridized carbons (Fsp3) is 0.154. The molecule has 0 fully saturated rings. The number of aryl methyl sites for hydroxylation is 2. The van der Waals surface area contributed by atoms with Crippen molar-refractivity contribution >= 4 is 28.1 Å². The van der Waals surface area contributed by atoms with Crippen molar-refractivity contribution < 1.29 is 0 Å². The number of hydrogen-bond donors (Lipinski definition) is 2. The van der Waals surface area contributed by atoms with Crippen LogP contribution in [0.5, 0.6) is 0 Å². The number of anilines is 1. The molecule has 3 N–H and O–H groups in total. The number of thiophene rings is 1. The Morgan fingerprint density at radius 2 is 2.12 bits per heavy atom. The summed E-state index contributed by atoms with van der Waals surface area (Å²) in [5.74, 6) is 0.862. The molecular weight excluding hydrogens is 230 g/mol. The Labute approximate surface area is 103 Å². The van der Waals surface area contributed by atoms with Gasteiger partial charge in [-0.05, 0) is 42.5 Å². The van der Waals surface area contributed by atoms with Crippen LogP contribution in [-0.4, -0.2) is 9.97 Å². The predicted molar refractivity (Wildman–Crippen MR) is 73.3 cm³/mol. The molecule has 0 bridgehead atoms. The van der Waals surface area contributed by atoms with Gasteiger partial charge in [-0.2, -0.15) is 0 Å². The van der Waals surface area contributed by atoms with E-state index in [1.54, 1.807) is 11.3 Å². The minimum absolute atomic E-state index is 0.825. The van der Waals surface area contributed by atoms with Crippen LogP contribution >= 0.6 is 11.3 Å². The number of nitrogens with one attached hydrogen (secondary N) is 1. The number of nitrogen functional groups attached to an aromatic ring is 1. The average Bonchev–Trinajstić information content (AvgIpc) is 2.83. The topological polar surface area (TPSA) is 54.7 Å². The van der Waals surface area contributed by atoms with Gasteiger partial charge in [-0.3, -0.25) is 0 Å². The SMILES string of the molecule is Cc1ccc2nc(-c3scc(C)c3N)[nH]c2c1. The molecule has 86 valence electrons. The van der Waals surface area contributed by atoms with Crippen LogP contribution in [0, 0.1) is 13.8 Å². The lowest BCUT2D eigenvalue weighted by Gasteiger charge is -1.94. The third-order valence-corrected chi connectivity index (χ3v) is 4.00. The smallest absolute Gasteiger partial charge is 0.150 e. The number of aromatic amines is 1. The van der Waals surface area contributed by atoms with Gasteiger partial charge >= 0.3 is 0 Å². The molecule has 0 saturated carbocycles. The maximum absolute atomic E-state index is 6.04. The first-order valence-corrected chi connectivity index (χ1v) is 6.33. The van der Waals surface area contributed by atoms with Crippen LogP contribution in [0.4, 0.5) is 5.69 Å². The van der Waals surface area contributed by atoms with Gasteiger partial charge in [0.05, 0.1) is 21.6 Å². The highest BCUT2D eigenvalue weighted by atomic mass is 32.1. The monoisotopic (exact) mass is 243 g/mol. The first-order valence-electron chi connectivity index (χ1n) is 5.45. The number of nitrogens with two attached hydrogens (primary N) is 1. The zero-order valence-electron chi connectivity index (χ0n) is 9.74. The summed E-state index contributed by atoms with van der Waals surface area (Å²) in [5, 5.41) is 2.06.